The van der Waals surface area contributed by atoms with Crippen molar-refractivity contribution in [2.45, 2.75) is 52.1 Å². The van der Waals surface area contributed by atoms with Gasteiger partial charge in [-0.15, -0.1) is 0 Å². The number of hydrogen-bond acceptors (Lipinski definition) is 3. The van der Waals surface area contributed by atoms with Crippen LogP contribution in [0.25, 0.3) is 0 Å². The van der Waals surface area contributed by atoms with E-state index in [4.69, 9.17) is 0 Å². The number of halogens is 1. The van der Waals surface area contributed by atoms with Crippen molar-refractivity contribution in [1.29, 1.82) is 0 Å². The molecular formula is C20H34FN5. The largest absolute Gasteiger partial charge is 0.369 e. The second-order valence-electron chi connectivity index (χ2n) is 7.85. The minimum atomic E-state index is -0.182. The zero-order valence-electron chi connectivity index (χ0n) is 16.6. The van der Waals surface area contributed by atoms with Crippen LogP contribution >= 0.6 is 0 Å². The standard InChI is InChI=1S/C20H34FN5/c1-5-22-19(23-11-12-24-20(2,3)4)25-17-9-7-13-26(15-17)18-10-6-8-16(21)14-18/h6,8,10,14,17,24H,5,7,9,11-13,15H2,1-4H3,(H2,22,23,25). The van der Waals surface area contributed by atoms with E-state index in [-0.39, 0.29) is 11.4 Å². The molecule has 0 radical (unpaired) electrons. The Kier molecular flexibility index (Phi) is 7.69. The third kappa shape index (κ3) is 7.20. The second-order valence-corrected chi connectivity index (χ2v) is 7.85. The number of rotatable bonds is 6. The summed E-state index contributed by atoms with van der Waals surface area (Å²) >= 11 is 0. The second kappa shape index (κ2) is 9.76. The van der Waals surface area contributed by atoms with E-state index in [1.54, 1.807) is 12.1 Å². The molecule has 1 atom stereocenters. The zero-order chi connectivity index (χ0) is 19.0. The van der Waals surface area contributed by atoms with E-state index >= 15 is 0 Å². The van der Waals surface area contributed by atoms with Gasteiger partial charge in [0.05, 0.1) is 6.54 Å². The molecule has 0 aliphatic carbocycles. The third-order valence-electron chi connectivity index (χ3n) is 4.32. The average Bonchev–Trinajstić information content (AvgIpc) is 2.58. The molecule has 1 heterocycles. The number of nitrogens with one attached hydrogen (secondary N) is 3. The van der Waals surface area contributed by atoms with E-state index in [0.29, 0.717) is 6.04 Å². The normalized spacial score (nSPS) is 18.7. The van der Waals surface area contributed by atoms with Crippen LogP contribution in [-0.2, 0) is 0 Å². The van der Waals surface area contributed by atoms with Gasteiger partial charge in [-0.1, -0.05) is 6.07 Å². The van der Waals surface area contributed by atoms with Crippen LogP contribution in [0.5, 0.6) is 0 Å². The number of guanidine groups is 1. The van der Waals surface area contributed by atoms with E-state index in [0.717, 1.165) is 57.2 Å². The predicted octanol–water partition coefficient (Wildman–Crippen LogP) is 2.74. The lowest BCUT2D eigenvalue weighted by atomic mass is 10.0. The minimum absolute atomic E-state index is 0.107. The fraction of sp³-hybridized carbons (Fsp3) is 0.650. The molecule has 1 aromatic rings. The fourth-order valence-corrected chi connectivity index (χ4v) is 3.11. The summed E-state index contributed by atoms with van der Waals surface area (Å²) in [6.45, 7) is 12.8. The molecule has 6 heteroatoms. The molecule has 1 unspecified atom stereocenters. The Morgan fingerprint density at radius 3 is 2.85 bits per heavy atom. The van der Waals surface area contributed by atoms with Crippen LogP contribution in [0.1, 0.15) is 40.5 Å². The molecule has 0 saturated carbocycles. The van der Waals surface area contributed by atoms with Gasteiger partial charge < -0.3 is 20.9 Å². The molecule has 0 aromatic heterocycles. The molecule has 1 aliphatic heterocycles. The van der Waals surface area contributed by atoms with Gasteiger partial charge in [-0.25, -0.2) is 4.39 Å². The lowest BCUT2D eigenvalue weighted by molar-refractivity contribution is 0.431. The van der Waals surface area contributed by atoms with Crippen LogP contribution in [0, 0.1) is 5.82 Å². The monoisotopic (exact) mass is 363 g/mol. The van der Waals surface area contributed by atoms with Gasteiger partial charge >= 0.3 is 0 Å². The highest BCUT2D eigenvalue weighted by Crippen LogP contribution is 2.20. The van der Waals surface area contributed by atoms with Gasteiger partial charge in [-0.3, -0.25) is 4.99 Å². The van der Waals surface area contributed by atoms with Crippen molar-refractivity contribution in [3.8, 4) is 0 Å². The summed E-state index contributed by atoms with van der Waals surface area (Å²) in [5.41, 5.74) is 1.06. The van der Waals surface area contributed by atoms with Gasteiger partial charge in [-0.2, -0.15) is 0 Å². The van der Waals surface area contributed by atoms with Gasteiger partial charge in [0.25, 0.3) is 0 Å². The molecule has 3 N–H and O–H groups in total. The van der Waals surface area contributed by atoms with Crippen LogP contribution in [0.3, 0.4) is 0 Å². The van der Waals surface area contributed by atoms with Crippen LogP contribution in [0.15, 0.2) is 29.3 Å². The summed E-state index contributed by atoms with van der Waals surface area (Å²) in [6, 6.07) is 7.16. The molecule has 26 heavy (non-hydrogen) atoms. The number of anilines is 1. The fourth-order valence-electron chi connectivity index (χ4n) is 3.11. The third-order valence-corrected chi connectivity index (χ3v) is 4.32. The highest BCUT2D eigenvalue weighted by Gasteiger charge is 2.21. The van der Waals surface area contributed by atoms with Crippen LogP contribution in [-0.4, -0.2) is 50.3 Å². The molecular weight excluding hydrogens is 329 g/mol. The summed E-state index contributed by atoms with van der Waals surface area (Å²) in [5.74, 6) is 0.674. The van der Waals surface area contributed by atoms with Crippen molar-refractivity contribution in [2.75, 3.05) is 37.6 Å². The summed E-state index contributed by atoms with van der Waals surface area (Å²) in [4.78, 5) is 6.92. The highest BCUT2D eigenvalue weighted by molar-refractivity contribution is 5.80. The Morgan fingerprint density at radius 1 is 1.35 bits per heavy atom. The number of nitrogens with zero attached hydrogens (tertiary/aromatic N) is 2. The minimum Gasteiger partial charge on any atom is -0.369 e. The molecule has 1 fully saturated rings. The molecule has 2 rings (SSSR count). The molecule has 0 spiro atoms. The molecule has 5 nitrogen and oxygen atoms in total. The maximum Gasteiger partial charge on any atom is 0.191 e. The first-order chi connectivity index (χ1) is 12.4. The summed E-state index contributed by atoms with van der Waals surface area (Å²) in [6.07, 6.45) is 2.18. The Bertz CT molecular complexity index is 582. The predicted molar refractivity (Wildman–Crippen MR) is 109 cm³/mol. The van der Waals surface area contributed by atoms with Gasteiger partial charge in [0, 0.05) is 43.4 Å². The van der Waals surface area contributed by atoms with Gasteiger partial charge in [-0.05, 0) is 58.7 Å². The van der Waals surface area contributed by atoms with E-state index in [1.165, 1.54) is 6.07 Å². The first-order valence-corrected chi connectivity index (χ1v) is 9.68. The Balaban J connectivity index is 1.90. The van der Waals surface area contributed by atoms with Gasteiger partial charge in [0.15, 0.2) is 5.96 Å². The van der Waals surface area contributed by atoms with Crippen molar-refractivity contribution >= 4 is 11.6 Å². The molecule has 0 amide bonds. The maximum absolute atomic E-state index is 13.5. The quantitative estimate of drug-likeness (QED) is 0.413. The number of benzene rings is 1. The number of aliphatic imine (C=N–C) groups is 1. The topological polar surface area (TPSA) is 51.7 Å². The highest BCUT2D eigenvalue weighted by atomic mass is 19.1. The first-order valence-electron chi connectivity index (χ1n) is 9.68. The van der Waals surface area contributed by atoms with E-state index < -0.39 is 0 Å². The van der Waals surface area contributed by atoms with Crippen molar-refractivity contribution in [3.05, 3.63) is 30.1 Å². The zero-order valence-corrected chi connectivity index (χ0v) is 16.6. The SMILES string of the molecule is CCNC(=NCCNC(C)(C)C)NC1CCCN(c2cccc(F)c2)C1. The van der Waals surface area contributed by atoms with E-state index in [2.05, 4.69) is 53.5 Å². The summed E-state index contributed by atoms with van der Waals surface area (Å²) in [7, 11) is 0. The van der Waals surface area contributed by atoms with E-state index in [1.807, 2.05) is 6.07 Å². The lowest BCUT2D eigenvalue weighted by Crippen LogP contribution is -2.51. The summed E-state index contributed by atoms with van der Waals surface area (Å²) < 4.78 is 13.5. The maximum atomic E-state index is 13.5. The number of piperidine rings is 1. The first kappa shape index (κ1) is 20.5. The lowest BCUT2D eigenvalue weighted by Gasteiger charge is -2.35. The van der Waals surface area contributed by atoms with Crippen LogP contribution in [0.4, 0.5) is 10.1 Å². The van der Waals surface area contributed by atoms with Gasteiger partial charge in [0.2, 0.25) is 0 Å². The average molecular weight is 364 g/mol. The number of hydrogen-bond donors (Lipinski definition) is 3. The smallest absolute Gasteiger partial charge is 0.191 e. The Morgan fingerprint density at radius 2 is 2.15 bits per heavy atom. The van der Waals surface area contributed by atoms with Crippen LogP contribution < -0.4 is 20.9 Å². The van der Waals surface area contributed by atoms with Gasteiger partial charge in [0.1, 0.15) is 5.82 Å². The van der Waals surface area contributed by atoms with Crippen LogP contribution in [0.2, 0.25) is 0 Å². The molecule has 1 saturated heterocycles. The van der Waals surface area contributed by atoms with Crippen molar-refractivity contribution < 1.29 is 4.39 Å². The Hall–Kier alpha value is -1.82. The molecule has 1 aromatic carbocycles. The van der Waals surface area contributed by atoms with Crippen molar-refractivity contribution in [3.63, 3.8) is 0 Å². The molecule has 146 valence electrons. The molecule has 0 bridgehead atoms. The Labute approximate surface area is 157 Å². The molecule has 1 aliphatic rings. The van der Waals surface area contributed by atoms with E-state index in [9.17, 15) is 4.39 Å². The van der Waals surface area contributed by atoms with Crippen molar-refractivity contribution in [2.24, 2.45) is 4.99 Å². The summed E-state index contributed by atoms with van der Waals surface area (Å²) in [5, 5.41) is 10.3. The van der Waals surface area contributed by atoms with Crippen molar-refractivity contribution in [1.82, 2.24) is 16.0 Å².